The van der Waals surface area contributed by atoms with Crippen LogP contribution in [0.5, 0.6) is 17.2 Å². The van der Waals surface area contributed by atoms with Gasteiger partial charge in [-0.2, -0.15) is 0 Å². The van der Waals surface area contributed by atoms with Crippen molar-refractivity contribution >= 4 is 6.09 Å². The molecule has 0 bridgehead atoms. The van der Waals surface area contributed by atoms with Gasteiger partial charge in [0.1, 0.15) is 5.75 Å². The number of hydrogen-bond acceptors (Lipinski definition) is 5. The third-order valence-corrected chi connectivity index (χ3v) is 5.54. The molecule has 1 unspecified atom stereocenters. The van der Waals surface area contributed by atoms with Crippen molar-refractivity contribution in [3.63, 3.8) is 0 Å². The number of carbonyl (C=O) groups excluding carboxylic acids is 1. The average Bonchev–Trinajstić information content (AvgIpc) is 2.72. The van der Waals surface area contributed by atoms with Gasteiger partial charge in [-0.15, -0.1) is 0 Å². The zero-order valence-electron chi connectivity index (χ0n) is 16.0. The van der Waals surface area contributed by atoms with E-state index in [0.717, 1.165) is 40.8 Å². The van der Waals surface area contributed by atoms with Gasteiger partial charge in [0.25, 0.3) is 0 Å². The maximum absolute atomic E-state index is 12.4. The number of ether oxygens (including phenoxy) is 4. The minimum atomic E-state index is -0.302. The van der Waals surface area contributed by atoms with Crippen molar-refractivity contribution in [2.75, 3.05) is 35.0 Å². The molecule has 142 valence electrons. The van der Waals surface area contributed by atoms with E-state index in [4.69, 9.17) is 18.9 Å². The summed E-state index contributed by atoms with van der Waals surface area (Å²) in [6.07, 6.45) is 1.17. The Labute approximate surface area is 158 Å². The van der Waals surface area contributed by atoms with Crippen LogP contribution in [0.25, 0.3) is 11.1 Å². The molecule has 1 amide bonds. The largest absolute Gasteiger partial charge is 0.497 e. The highest BCUT2D eigenvalue weighted by Crippen LogP contribution is 2.53. The molecule has 1 aliphatic carbocycles. The SMILES string of the molecule is COC(=O)N1CCc2cc(OC)c(OC)c3c2C1Cc1ccc(OC)cc1-3. The smallest absolute Gasteiger partial charge is 0.410 e. The highest BCUT2D eigenvalue weighted by Gasteiger charge is 2.39. The van der Waals surface area contributed by atoms with Crippen LogP contribution in [0.2, 0.25) is 0 Å². The summed E-state index contributed by atoms with van der Waals surface area (Å²) in [6, 6.07) is 7.98. The molecule has 1 atom stereocenters. The fourth-order valence-corrected chi connectivity index (χ4v) is 4.32. The summed E-state index contributed by atoms with van der Waals surface area (Å²) in [7, 11) is 6.37. The lowest BCUT2D eigenvalue weighted by Crippen LogP contribution is -2.42. The first-order chi connectivity index (χ1) is 13.1. The second-order valence-electron chi connectivity index (χ2n) is 6.72. The summed E-state index contributed by atoms with van der Waals surface area (Å²) in [6.45, 7) is 0.616. The van der Waals surface area contributed by atoms with Crippen LogP contribution in [0.1, 0.15) is 22.7 Å². The predicted molar refractivity (Wildman–Crippen MR) is 101 cm³/mol. The van der Waals surface area contributed by atoms with Gasteiger partial charge in [-0.3, -0.25) is 0 Å². The molecule has 0 radical (unpaired) electrons. The molecule has 0 saturated heterocycles. The fraction of sp³-hybridized carbons (Fsp3) is 0.381. The third-order valence-electron chi connectivity index (χ3n) is 5.54. The number of fused-ring (bicyclic) bond motifs is 2. The summed E-state index contributed by atoms with van der Waals surface area (Å²) in [4.78, 5) is 14.2. The van der Waals surface area contributed by atoms with Gasteiger partial charge in [0.15, 0.2) is 11.5 Å². The molecule has 2 aromatic rings. The van der Waals surface area contributed by atoms with E-state index < -0.39 is 0 Å². The van der Waals surface area contributed by atoms with Crippen molar-refractivity contribution in [2.45, 2.75) is 18.9 Å². The zero-order chi connectivity index (χ0) is 19.1. The molecule has 2 aromatic carbocycles. The van der Waals surface area contributed by atoms with E-state index >= 15 is 0 Å². The summed E-state index contributed by atoms with van der Waals surface area (Å²) < 4.78 is 21.8. The molecule has 4 rings (SSSR count). The Balaban J connectivity index is 2.02. The zero-order valence-corrected chi connectivity index (χ0v) is 16.0. The van der Waals surface area contributed by atoms with Crippen molar-refractivity contribution in [3.05, 3.63) is 41.0 Å². The van der Waals surface area contributed by atoms with Crippen molar-refractivity contribution < 1.29 is 23.7 Å². The number of amides is 1. The Morgan fingerprint density at radius 1 is 1.04 bits per heavy atom. The Morgan fingerprint density at radius 2 is 1.85 bits per heavy atom. The fourth-order valence-electron chi connectivity index (χ4n) is 4.32. The van der Waals surface area contributed by atoms with Gasteiger partial charge in [-0.1, -0.05) is 6.07 Å². The second-order valence-corrected chi connectivity index (χ2v) is 6.72. The molecule has 6 nitrogen and oxygen atoms in total. The normalized spacial score (nSPS) is 16.9. The highest BCUT2D eigenvalue weighted by atomic mass is 16.5. The van der Waals surface area contributed by atoms with Crippen molar-refractivity contribution in [3.8, 4) is 28.4 Å². The monoisotopic (exact) mass is 369 g/mol. The Kier molecular flexibility index (Phi) is 4.34. The van der Waals surface area contributed by atoms with Crippen molar-refractivity contribution in [1.82, 2.24) is 4.90 Å². The van der Waals surface area contributed by atoms with E-state index in [1.807, 2.05) is 23.1 Å². The molecular formula is C21H23NO5. The minimum Gasteiger partial charge on any atom is -0.497 e. The molecule has 1 heterocycles. The first kappa shape index (κ1) is 17.5. The Morgan fingerprint density at radius 3 is 2.52 bits per heavy atom. The van der Waals surface area contributed by atoms with Crippen molar-refractivity contribution in [1.29, 1.82) is 0 Å². The van der Waals surface area contributed by atoms with E-state index in [1.165, 1.54) is 12.7 Å². The molecule has 0 spiro atoms. The first-order valence-corrected chi connectivity index (χ1v) is 8.92. The van der Waals surface area contributed by atoms with E-state index in [9.17, 15) is 4.79 Å². The third kappa shape index (κ3) is 2.59. The maximum Gasteiger partial charge on any atom is 0.410 e. The number of carbonyl (C=O) groups is 1. The minimum absolute atomic E-state index is 0.0862. The van der Waals surface area contributed by atoms with Gasteiger partial charge in [-0.05, 0) is 53.3 Å². The van der Waals surface area contributed by atoms with Gasteiger partial charge in [0.05, 0.1) is 34.5 Å². The van der Waals surface area contributed by atoms with Crippen LogP contribution in [0.4, 0.5) is 4.79 Å². The molecule has 0 aromatic heterocycles. The molecule has 2 aliphatic rings. The van der Waals surface area contributed by atoms with Crippen molar-refractivity contribution in [2.24, 2.45) is 0 Å². The second kappa shape index (κ2) is 6.68. The molecule has 1 aliphatic heterocycles. The molecule has 0 fully saturated rings. The summed E-state index contributed by atoms with van der Waals surface area (Å²) >= 11 is 0. The van der Waals surface area contributed by atoms with Crippen LogP contribution in [-0.2, 0) is 17.6 Å². The lowest BCUT2D eigenvalue weighted by atomic mass is 9.76. The lowest BCUT2D eigenvalue weighted by Gasteiger charge is -2.41. The molecule has 0 saturated carbocycles. The molecule has 0 N–H and O–H groups in total. The number of methoxy groups -OCH3 is 4. The van der Waals surface area contributed by atoms with E-state index in [2.05, 4.69) is 6.07 Å². The van der Waals surface area contributed by atoms with Crippen LogP contribution in [-0.4, -0.2) is 46.0 Å². The van der Waals surface area contributed by atoms with E-state index in [-0.39, 0.29) is 12.1 Å². The van der Waals surface area contributed by atoms with Crippen LogP contribution in [0.3, 0.4) is 0 Å². The average molecular weight is 369 g/mol. The van der Waals surface area contributed by atoms with Gasteiger partial charge in [0.2, 0.25) is 0 Å². The first-order valence-electron chi connectivity index (χ1n) is 8.92. The van der Waals surface area contributed by atoms with Crippen LogP contribution in [0, 0.1) is 0 Å². The van der Waals surface area contributed by atoms with Crippen LogP contribution in [0.15, 0.2) is 24.3 Å². The maximum atomic E-state index is 12.4. The van der Waals surface area contributed by atoms with E-state index in [1.54, 1.807) is 21.3 Å². The summed E-state index contributed by atoms with van der Waals surface area (Å²) in [5, 5.41) is 0. The lowest BCUT2D eigenvalue weighted by molar-refractivity contribution is 0.100. The molecular weight excluding hydrogens is 346 g/mol. The number of benzene rings is 2. The number of nitrogens with zero attached hydrogens (tertiary/aromatic N) is 1. The van der Waals surface area contributed by atoms with Gasteiger partial charge in [0, 0.05) is 12.1 Å². The summed E-state index contributed by atoms with van der Waals surface area (Å²) in [5.41, 5.74) is 5.47. The topological polar surface area (TPSA) is 57.2 Å². The van der Waals surface area contributed by atoms with E-state index in [0.29, 0.717) is 18.0 Å². The Hall–Kier alpha value is -2.89. The van der Waals surface area contributed by atoms with Crippen LogP contribution >= 0.6 is 0 Å². The Bertz CT molecular complexity index is 908. The van der Waals surface area contributed by atoms with Gasteiger partial charge in [-0.25, -0.2) is 4.79 Å². The predicted octanol–water partition coefficient (Wildman–Crippen LogP) is 3.60. The number of hydrogen-bond donors (Lipinski definition) is 0. The number of rotatable bonds is 3. The van der Waals surface area contributed by atoms with Gasteiger partial charge < -0.3 is 23.8 Å². The highest BCUT2D eigenvalue weighted by molar-refractivity contribution is 5.85. The quantitative estimate of drug-likeness (QED) is 0.827. The van der Waals surface area contributed by atoms with Crippen LogP contribution < -0.4 is 14.2 Å². The summed E-state index contributed by atoms with van der Waals surface area (Å²) in [5.74, 6) is 2.17. The standard InChI is InChI=1S/C21H23NO5/c1-24-14-6-5-12-9-16-18-13(7-8-22(16)21(23)27-4)10-17(25-2)20(26-3)19(18)15(12)11-14/h5-6,10-11,16H,7-9H2,1-4H3. The molecule has 6 heteroatoms. The van der Waals surface area contributed by atoms with Gasteiger partial charge >= 0.3 is 6.09 Å². The molecule has 27 heavy (non-hydrogen) atoms.